The maximum absolute atomic E-state index is 15.2. The summed E-state index contributed by atoms with van der Waals surface area (Å²) in [6, 6.07) is 29.2. The number of aryl methyl sites for hydroxylation is 1. The Morgan fingerprint density at radius 1 is 0.885 bits per heavy atom. The Morgan fingerprint density at radius 3 is 2.33 bits per heavy atom. The molecule has 2 aliphatic carbocycles. The van der Waals surface area contributed by atoms with Crippen molar-refractivity contribution in [2.24, 2.45) is 29.6 Å². The highest BCUT2D eigenvalue weighted by molar-refractivity contribution is 14.1. The summed E-state index contributed by atoms with van der Waals surface area (Å²) in [5, 5.41) is 11.4. The molecular weight excluding hydrogens is 769 g/mol. The fraction of sp³-hybridized carbons (Fsp3) is 0.238. The second-order valence-electron chi connectivity index (χ2n) is 13.9. The van der Waals surface area contributed by atoms with E-state index < -0.39 is 35.0 Å². The Hall–Kier alpha value is -5.23. The number of rotatable bonds is 7. The number of hydrazine groups is 1. The first kappa shape index (κ1) is 33.9. The Labute approximate surface area is 315 Å². The second kappa shape index (κ2) is 13.1. The van der Waals surface area contributed by atoms with Gasteiger partial charge in [0, 0.05) is 9.49 Å². The molecule has 0 bridgehead atoms. The summed E-state index contributed by atoms with van der Waals surface area (Å²) in [4.78, 5) is 59.7. The number of hydrogen-bond donors (Lipinski definition) is 2. The quantitative estimate of drug-likeness (QED) is 0.117. The molecule has 6 unspecified atom stereocenters. The summed E-state index contributed by atoms with van der Waals surface area (Å²) in [7, 11) is 1.48. The number of nitrogens with zero attached hydrogens (tertiary/aromatic N) is 2. The highest BCUT2D eigenvalue weighted by Gasteiger charge is 2.69. The zero-order valence-corrected chi connectivity index (χ0v) is 30.7. The fourth-order valence-electron chi connectivity index (χ4n) is 8.84. The van der Waals surface area contributed by atoms with E-state index in [1.165, 1.54) is 12.0 Å². The van der Waals surface area contributed by atoms with Crippen LogP contribution in [0.1, 0.15) is 29.5 Å². The van der Waals surface area contributed by atoms with Gasteiger partial charge in [-0.15, -0.1) is 0 Å². The van der Waals surface area contributed by atoms with Gasteiger partial charge in [0.05, 0.1) is 41.7 Å². The smallest absolute Gasteiger partial charge is 0.260 e. The number of anilines is 2. The van der Waals surface area contributed by atoms with Crippen molar-refractivity contribution in [2.75, 3.05) is 17.4 Å². The van der Waals surface area contributed by atoms with Gasteiger partial charge in [-0.25, -0.2) is 0 Å². The Morgan fingerprint density at radius 2 is 1.62 bits per heavy atom. The molecule has 4 aromatic carbocycles. The van der Waals surface area contributed by atoms with Gasteiger partial charge < -0.3 is 9.84 Å². The average Bonchev–Trinajstić information content (AvgIpc) is 3.54. The molecule has 6 atom stereocenters. The number of methoxy groups -OCH3 is 1. The lowest BCUT2D eigenvalue weighted by Gasteiger charge is -2.49. The summed E-state index contributed by atoms with van der Waals surface area (Å²) < 4.78 is 6.36. The topological polar surface area (TPSA) is 116 Å². The van der Waals surface area contributed by atoms with Crippen LogP contribution in [0.4, 0.5) is 11.4 Å². The van der Waals surface area contributed by atoms with Crippen molar-refractivity contribution < 1.29 is 29.0 Å². The van der Waals surface area contributed by atoms with Crippen LogP contribution in [-0.4, -0.2) is 40.9 Å². The third-order valence-electron chi connectivity index (χ3n) is 11.2. The van der Waals surface area contributed by atoms with Crippen LogP contribution < -0.4 is 15.1 Å². The molecular formula is C42H36IN3O6. The van der Waals surface area contributed by atoms with Crippen LogP contribution in [0.15, 0.2) is 115 Å². The maximum atomic E-state index is 15.2. The van der Waals surface area contributed by atoms with Crippen molar-refractivity contribution >= 4 is 63.7 Å². The van der Waals surface area contributed by atoms with Crippen LogP contribution in [-0.2, 0) is 24.6 Å². The van der Waals surface area contributed by atoms with Gasteiger partial charge in [-0.2, -0.15) is 5.01 Å². The van der Waals surface area contributed by atoms with E-state index in [4.69, 9.17) is 4.74 Å². The molecule has 2 saturated heterocycles. The molecule has 0 spiro atoms. The minimum absolute atomic E-state index is 0.00397. The number of nitrogens with one attached hydrogen (secondary N) is 1. The van der Waals surface area contributed by atoms with Crippen molar-refractivity contribution in [3.63, 3.8) is 0 Å². The van der Waals surface area contributed by atoms with Gasteiger partial charge in [0.2, 0.25) is 11.8 Å². The molecule has 262 valence electrons. The normalized spacial score (nSPS) is 26.7. The first-order valence-corrected chi connectivity index (χ1v) is 18.4. The molecule has 3 fully saturated rings. The fourth-order valence-corrected chi connectivity index (χ4v) is 9.20. The minimum atomic E-state index is -1.36. The molecule has 2 heterocycles. The molecule has 8 rings (SSSR count). The number of benzene rings is 4. The van der Waals surface area contributed by atoms with Crippen LogP contribution in [0.5, 0.6) is 11.5 Å². The lowest BCUT2D eigenvalue weighted by Crippen LogP contribution is -2.54. The molecule has 10 heteroatoms. The molecule has 4 aliphatic rings. The number of imide groups is 2. The second-order valence-corrected chi connectivity index (χ2v) is 15.2. The van der Waals surface area contributed by atoms with Crippen molar-refractivity contribution in [1.29, 1.82) is 0 Å². The number of ether oxygens (including phenoxy) is 1. The van der Waals surface area contributed by atoms with Crippen LogP contribution >= 0.6 is 22.6 Å². The van der Waals surface area contributed by atoms with Gasteiger partial charge in [-0.3, -0.25) is 29.5 Å². The minimum Gasteiger partial charge on any atom is -0.504 e. The van der Waals surface area contributed by atoms with E-state index in [0.29, 0.717) is 34.7 Å². The van der Waals surface area contributed by atoms with Crippen molar-refractivity contribution in [3.8, 4) is 11.5 Å². The van der Waals surface area contributed by atoms with Crippen molar-refractivity contribution in [1.82, 2.24) is 5.01 Å². The number of hydrogen-bond acceptors (Lipinski definition) is 7. The zero-order chi connectivity index (χ0) is 36.3. The number of allylic oxidation sites excluding steroid dienone is 3. The molecule has 1 saturated carbocycles. The molecule has 2 N–H and O–H groups in total. The lowest BCUT2D eigenvalue weighted by atomic mass is 9.50. The predicted molar refractivity (Wildman–Crippen MR) is 205 cm³/mol. The first-order chi connectivity index (χ1) is 25.1. The van der Waals surface area contributed by atoms with Gasteiger partial charge in [0.25, 0.3) is 11.8 Å². The number of fused-ring (bicyclic) bond motifs is 4. The van der Waals surface area contributed by atoms with E-state index in [1.807, 2.05) is 91.9 Å². The van der Waals surface area contributed by atoms with E-state index in [-0.39, 0.29) is 35.8 Å². The molecule has 52 heavy (non-hydrogen) atoms. The van der Waals surface area contributed by atoms with Gasteiger partial charge >= 0.3 is 0 Å². The summed E-state index contributed by atoms with van der Waals surface area (Å²) >= 11 is 2.19. The van der Waals surface area contributed by atoms with E-state index in [1.54, 1.807) is 30.3 Å². The maximum Gasteiger partial charge on any atom is 0.260 e. The van der Waals surface area contributed by atoms with E-state index in [9.17, 15) is 19.5 Å². The molecule has 9 nitrogen and oxygen atoms in total. The van der Waals surface area contributed by atoms with Crippen LogP contribution in [0.25, 0.3) is 6.08 Å². The first-order valence-electron chi connectivity index (χ1n) is 17.3. The zero-order valence-electron chi connectivity index (χ0n) is 28.5. The van der Waals surface area contributed by atoms with Crippen LogP contribution in [0.2, 0.25) is 0 Å². The van der Waals surface area contributed by atoms with E-state index in [0.717, 1.165) is 19.7 Å². The third kappa shape index (κ3) is 5.25. The Bertz CT molecular complexity index is 2170. The molecule has 2 aliphatic heterocycles. The molecule has 4 amide bonds. The molecule has 4 aromatic rings. The molecule has 0 radical (unpaired) electrons. The highest BCUT2D eigenvalue weighted by atomic mass is 127. The standard InChI is InChI=1S/C42H36IN3O6/c1-24-8-14-28(15-9-24)44-46-39(49)34-23-32-30(18-19-31-37(32)40(50)45(38(31)48)29-16-12-27(43)13-17-29)33(20-10-25-11-21-35(47)36(22-25)52-2)42(34,41(46)51)26-6-4-3-5-7-26/h3-18,20-22,31-34,37,44,47H,19,23H2,1-2H3. The number of carbonyl (C=O) groups is 4. The number of aromatic hydroxyl groups is 1. The number of carbonyl (C=O) groups excluding carboxylic acids is 4. The van der Waals surface area contributed by atoms with Gasteiger partial charge in [-0.05, 0) is 108 Å². The van der Waals surface area contributed by atoms with E-state index in [2.05, 4.69) is 28.0 Å². The summed E-state index contributed by atoms with van der Waals surface area (Å²) in [6.07, 6.45) is 6.41. The highest BCUT2D eigenvalue weighted by Crippen LogP contribution is 2.61. The van der Waals surface area contributed by atoms with Gasteiger partial charge in [0.1, 0.15) is 0 Å². The number of halogens is 1. The lowest BCUT2D eigenvalue weighted by molar-refractivity contribution is -0.139. The Kier molecular flexibility index (Phi) is 8.52. The van der Waals surface area contributed by atoms with Crippen LogP contribution in [0.3, 0.4) is 0 Å². The third-order valence-corrected chi connectivity index (χ3v) is 11.9. The number of phenols is 1. The predicted octanol–water partition coefficient (Wildman–Crippen LogP) is 7.05. The SMILES string of the molecule is COc1cc(C=CC2C3=CCC4C(=O)N(c5ccc(I)cc5)C(=O)C4C3CC3C(=O)N(Nc4ccc(C)cc4)C(=O)C23c2ccccc2)ccc1O. The number of amides is 4. The number of phenolic OH excluding ortho intramolecular Hbond substituents is 1. The Balaban J connectivity index is 1.29. The van der Waals surface area contributed by atoms with Crippen molar-refractivity contribution in [3.05, 3.63) is 135 Å². The van der Waals surface area contributed by atoms with Crippen molar-refractivity contribution in [2.45, 2.75) is 25.2 Å². The molecule has 0 aromatic heterocycles. The summed E-state index contributed by atoms with van der Waals surface area (Å²) in [5.74, 6) is -4.24. The van der Waals surface area contributed by atoms with E-state index >= 15 is 4.79 Å². The monoisotopic (exact) mass is 805 g/mol. The van der Waals surface area contributed by atoms with Crippen LogP contribution in [0, 0.1) is 40.1 Å². The summed E-state index contributed by atoms with van der Waals surface area (Å²) in [5.41, 5.74) is 6.21. The largest absolute Gasteiger partial charge is 0.504 e. The van der Waals surface area contributed by atoms with Gasteiger partial charge in [0.15, 0.2) is 11.5 Å². The summed E-state index contributed by atoms with van der Waals surface area (Å²) in [6.45, 7) is 1.97. The van der Waals surface area contributed by atoms with Gasteiger partial charge in [-0.1, -0.05) is 77.9 Å². The average molecular weight is 806 g/mol.